The number of nitrogens with two attached hydrogens (primary N) is 1. The highest BCUT2D eigenvalue weighted by Gasteiger charge is 2.24. The predicted molar refractivity (Wildman–Crippen MR) is 140 cm³/mol. The average molecular weight is 476 g/mol. The summed E-state index contributed by atoms with van der Waals surface area (Å²) in [4.78, 5) is 14.9. The van der Waals surface area contributed by atoms with Crippen LogP contribution in [0.2, 0.25) is 0 Å². The first-order valence-electron chi connectivity index (χ1n) is 11.8. The van der Waals surface area contributed by atoms with E-state index in [0.29, 0.717) is 0 Å². The second kappa shape index (κ2) is 8.00. The average Bonchev–Trinajstić information content (AvgIpc) is 3.51. The molecule has 0 bridgehead atoms. The van der Waals surface area contributed by atoms with Crippen molar-refractivity contribution in [3.8, 4) is 33.8 Å². The van der Waals surface area contributed by atoms with Gasteiger partial charge in [-0.15, -0.1) is 0 Å². The smallest absolute Gasteiger partial charge is 0.147 e. The lowest BCUT2D eigenvalue weighted by atomic mass is 10.0. The maximum Gasteiger partial charge on any atom is 0.147 e. The molecule has 0 spiro atoms. The number of halogens is 1. The van der Waals surface area contributed by atoms with E-state index in [1.807, 2.05) is 30.3 Å². The Kier molecular flexibility index (Phi) is 4.62. The summed E-state index contributed by atoms with van der Waals surface area (Å²) in [6, 6.07) is 21.1. The van der Waals surface area contributed by atoms with Crippen LogP contribution >= 0.6 is 0 Å². The van der Waals surface area contributed by atoms with Gasteiger partial charge in [-0.25, -0.2) is 9.37 Å². The Morgan fingerprint density at radius 3 is 2.56 bits per heavy atom. The number of anilines is 1. The zero-order valence-electron chi connectivity index (χ0n) is 19.2. The Morgan fingerprint density at radius 1 is 0.889 bits per heavy atom. The van der Waals surface area contributed by atoms with Gasteiger partial charge in [0.1, 0.15) is 17.3 Å². The SMILES string of the molecule is NC1CN(c2cncc(-c3ccc4[nH]nc(-c5cc6c(-c7ccc(F)cc7)cccc6[nH]5)c4c3)n2)C1. The maximum absolute atomic E-state index is 13.5. The molecule has 6 aromatic rings. The van der Waals surface area contributed by atoms with Crippen molar-refractivity contribution in [3.05, 3.63) is 84.9 Å². The van der Waals surface area contributed by atoms with Crippen molar-refractivity contribution in [1.82, 2.24) is 25.1 Å². The first kappa shape index (κ1) is 20.8. The molecule has 0 atom stereocenters. The van der Waals surface area contributed by atoms with Gasteiger partial charge in [-0.05, 0) is 47.5 Å². The van der Waals surface area contributed by atoms with Crippen LogP contribution < -0.4 is 10.6 Å². The normalized spacial score (nSPS) is 14.0. The number of aromatic amines is 2. The van der Waals surface area contributed by atoms with Gasteiger partial charge >= 0.3 is 0 Å². The number of H-pyrrole nitrogens is 2. The van der Waals surface area contributed by atoms with Gasteiger partial charge in [0, 0.05) is 41.0 Å². The number of fused-ring (bicyclic) bond motifs is 2. The van der Waals surface area contributed by atoms with Crippen molar-refractivity contribution < 1.29 is 4.39 Å². The van der Waals surface area contributed by atoms with Gasteiger partial charge in [0.05, 0.1) is 29.3 Å². The first-order valence-corrected chi connectivity index (χ1v) is 11.8. The number of aromatic nitrogens is 5. The Balaban J connectivity index is 1.30. The topological polar surface area (TPSA) is 99.5 Å². The number of nitrogens with zero attached hydrogens (tertiary/aromatic N) is 4. The molecule has 1 fully saturated rings. The van der Waals surface area contributed by atoms with Crippen LogP contribution in [0.4, 0.5) is 10.2 Å². The number of nitrogens with one attached hydrogen (secondary N) is 2. The molecular weight excluding hydrogens is 453 g/mol. The van der Waals surface area contributed by atoms with E-state index >= 15 is 0 Å². The molecule has 1 aliphatic rings. The lowest BCUT2D eigenvalue weighted by Crippen LogP contribution is -2.56. The van der Waals surface area contributed by atoms with Crippen LogP contribution in [0.3, 0.4) is 0 Å². The van der Waals surface area contributed by atoms with Crippen molar-refractivity contribution in [3.63, 3.8) is 0 Å². The lowest BCUT2D eigenvalue weighted by molar-refractivity contribution is 0.514. The highest BCUT2D eigenvalue weighted by Crippen LogP contribution is 2.35. The Bertz CT molecular complexity index is 1730. The Labute approximate surface area is 205 Å². The van der Waals surface area contributed by atoms with Crippen molar-refractivity contribution in [2.45, 2.75) is 6.04 Å². The molecule has 0 saturated carbocycles. The highest BCUT2D eigenvalue weighted by atomic mass is 19.1. The summed E-state index contributed by atoms with van der Waals surface area (Å²) >= 11 is 0. The largest absolute Gasteiger partial charge is 0.353 e. The molecule has 1 saturated heterocycles. The molecule has 0 unspecified atom stereocenters. The molecular formula is C28H22FN7. The lowest BCUT2D eigenvalue weighted by Gasteiger charge is -2.37. The second-order valence-electron chi connectivity index (χ2n) is 9.22. The van der Waals surface area contributed by atoms with Gasteiger partial charge < -0.3 is 15.6 Å². The first-order chi connectivity index (χ1) is 17.6. The van der Waals surface area contributed by atoms with Crippen LogP contribution in [0.1, 0.15) is 0 Å². The van der Waals surface area contributed by atoms with Gasteiger partial charge in [-0.1, -0.05) is 30.3 Å². The number of hydrogen-bond acceptors (Lipinski definition) is 5. The third-order valence-electron chi connectivity index (χ3n) is 6.79. The fourth-order valence-corrected chi connectivity index (χ4v) is 4.89. The molecule has 3 aromatic heterocycles. The summed E-state index contributed by atoms with van der Waals surface area (Å²) in [5, 5.41) is 9.81. The van der Waals surface area contributed by atoms with Gasteiger partial charge in [0.15, 0.2) is 0 Å². The summed E-state index contributed by atoms with van der Waals surface area (Å²) in [5.41, 5.74) is 13.4. The van der Waals surface area contributed by atoms with E-state index in [0.717, 1.165) is 74.5 Å². The fraction of sp³-hybridized carbons (Fsp3) is 0.107. The van der Waals surface area contributed by atoms with Gasteiger partial charge in [0.25, 0.3) is 0 Å². The van der Waals surface area contributed by atoms with E-state index in [-0.39, 0.29) is 11.9 Å². The molecule has 176 valence electrons. The van der Waals surface area contributed by atoms with Crippen molar-refractivity contribution in [2.24, 2.45) is 5.73 Å². The molecule has 0 aliphatic carbocycles. The van der Waals surface area contributed by atoms with E-state index in [1.54, 1.807) is 24.5 Å². The molecule has 36 heavy (non-hydrogen) atoms. The minimum Gasteiger partial charge on any atom is -0.353 e. The summed E-state index contributed by atoms with van der Waals surface area (Å²) in [6.07, 6.45) is 3.56. The number of benzene rings is 3. The number of hydrogen-bond donors (Lipinski definition) is 3. The summed E-state index contributed by atoms with van der Waals surface area (Å²) in [7, 11) is 0. The zero-order valence-corrected chi connectivity index (χ0v) is 19.2. The van der Waals surface area contributed by atoms with Crippen LogP contribution in [-0.2, 0) is 0 Å². The van der Waals surface area contributed by atoms with Crippen molar-refractivity contribution in [1.29, 1.82) is 0 Å². The Morgan fingerprint density at radius 2 is 1.72 bits per heavy atom. The molecule has 4 N–H and O–H groups in total. The van der Waals surface area contributed by atoms with Crippen LogP contribution in [-0.4, -0.2) is 44.3 Å². The molecule has 3 aromatic carbocycles. The highest BCUT2D eigenvalue weighted by molar-refractivity contribution is 6.01. The fourth-order valence-electron chi connectivity index (χ4n) is 4.89. The molecule has 8 heteroatoms. The number of rotatable bonds is 4. The summed E-state index contributed by atoms with van der Waals surface area (Å²) in [5.74, 6) is 0.591. The van der Waals surface area contributed by atoms with Crippen LogP contribution in [0.15, 0.2) is 79.1 Å². The van der Waals surface area contributed by atoms with Gasteiger partial charge in [-0.2, -0.15) is 5.10 Å². The second-order valence-corrected chi connectivity index (χ2v) is 9.22. The van der Waals surface area contributed by atoms with E-state index in [2.05, 4.69) is 37.2 Å². The standard InChI is InChI=1S/C28H22FN7/c29-18-7-4-16(5-8-18)20-2-1-3-23-21(20)11-25(32-23)28-22-10-17(6-9-24(22)34-35-28)26-12-31-13-27(33-26)36-14-19(30)15-36/h1-13,19,32H,14-15,30H2,(H,34,35). The van der Waals surface area contributed by atoms with Gasteiger partial charge in [0.2, 0.25) is 0 Å². The van der Waals surface area contributed by atoms with E-state index < -0.39 is 0 Å². The molecule has 1 aliphatic heterocycles. The van der Waals surface area contributed by atoms with Crippen molar-refractivity contribution >= 4 is 27.6 Å². The molecule has 0 amide bonds. The summed E-state index contributed by atoms with van der Waals surface area (Å²) in [6.45, 7) is 1.59. The summed E-state index contributed by atoms with van der Waals surface area (Å²) < 4.78 is 13.5. The van der Waals surface area contributed by atoms with E-state index in [1.165, 1.54) is 12.1 Å². The van der Waals surface area contributed by atoms with Crippen LogP contribution in [0.25, 0.3) is 55.6 Å². The molecule has 0 radical (unpaired) electrons. The maximum atomic E-state index is 13.5. The molecule has 7 rings (SSSR count). The molecule has 7 nitrogen and oxygen atoms in total. The third-order valence-corrected chi connectivity index (χ3v) is 6.79. The Hall–Kier alpha value is -4.56. The van der Waals surface area contributed by atoms with Crippen LogP contribution in [0.5, 0.6) is 0 Å². The zero-order chi connectivity index (χ0) is 24.2. The predicted octanol–water partition coefficient (Wildman–Crippen LogP) is 5.12. The molecule has 4 heterocycles. The quantitative estimate of drug-likeness (QED) is 0.329. The van der Waals surface area contributed by atoms with Gasteiger partial charge in [-0.3, -0.25) is 10.1 Å². The minimum absolute atomic E-state index is 0.195. The third kappa shape index (κ3) is 3.42. The van der Waals surface area contributed by atoms with Crippen molar-refractivity contribution in [2.75, 3.05) is 18.0 Å². The van der Waals surface area contributed by atoms with E-state index in [9.17, 15) is 4.39 Å². The minimum atomic E-state index is -0.247. The monoisotopic (exact) mass is 475 g/mol. The van der Waals surface area contributed by atoms with E-state index in [4.69, 9.17) is 10.7 Å². The van der Waals surface area contributed by atoms with Crippen LogP contribution in [0, 0.1) is 5.82 Å².